The Morgan fingerprint density at radius 2 is 0.690 bits per heavy atom. The molecule has 129 heavy (non-hydrogen) atoms. The lowest BCUT2D eigenvalue weighted by Gasteiger charge is -2.19. The number of carboxylic acids is 1. The van der Waals surface area contributed by atoms with E-state index in [0.717, 1.165) is 146 Å². The van der Waals surface area contributed by atoms with Gasteiger partial charge in [0.1, 0.15) is 148 Å². The van der Waals surface area contributed by atoms with E-state index in [2.05, 4.69) is 49.8 Å². The lowest BCUT2D eigenvalue weighted by Crippen LogP contribution is -2.34. The third-order valence-electron chi connectivity index (χ3n) is 18.3. The van der Waals surface area contributed by atoms with Gasteiger partial charge in [0.05, 0.1) is 32.5 Å². The van der Waals surface area contributed by atoms with Gasteiger partial charge in [-0.05, 0) is 172 Å². The molecule has 1 aromatic carbocycles. The molecule has 0 atom stereocenters. The van der Waals surface area contributed by atoms with E-state index in [0.29, 0.717) is 149 Å². The van der Waals surface area contributed by atoms with Crippen molar-refractivity contribution < 1.29 is 98.2 Å². The Morgan fingerprint density at radius 1 is 0.372 bits per heavy atom. The zero-order valence-corrected chi connectivity index (χ0v) is 72.1. The number of anilines is 2. The molecule has 0 saturated heterocycles. The summed E-state index contributed by atoms with van der Waals surface area (Å²) in [5.41, 5.74) is 6.84. The molecule has 2 N–H and O–H groups in total. The molecule has 13 aromatic heterocycles. The summed E-state index contributed by atoms with van der Waals surface area (Å²) in [6.07, 6.45) is 24.9. The number of pyridine rings is 5. The van der Waals surface area contributed by atoms with E-state index in [1.807, 2.05) is 148 Å². The van der Waals surface area contributed by atoms with E-state index in [1.54, 1.807) is 97.7 Å². The highest BCUT2D eigenvalue weighted by Gasteiger charge is 2.16. The molecule has 2 amide bonds. The molecule has 32 nitrogen and oxygen atoms in total. The van der Waals surface area contributed by atoms with Crippen molar-refractivity contribution in [1.82, 2.24) is 39.8 Å². The van der Waals surface area contributed by atoms with Crippen LogP contribution in [0.4, 0.5) is 22.1 Å². The van der Waals surface area contributed by atoms with Crippen LogP contribution in [0.15, 0.2) is 244 Å². The summed E-state index contributed by atoms with van der Waals surface area (Å²) in [7, 11) is 8.30. The minimum Gasteiger partial charge on any atom is -0.481 e. The van der Waals surface area contributed by atoms with Gasteiger partial charge in [0.25, 0.3) is 5.82 Å². The molecular weight excluding hydrogens is 1660 g/mol. The summed E-state index contributed by atoms with van der Waals surface area (Å²) in [6.45, 7) is 12.1. The number of ether oxygens (including phenoxy) is 3. The lowest BCUT2D eigenvalue weighted by molar-refractivity contribution is -0.108. The maximum Gasteiger partial charge on any atom is 0.356 e. The summed E-state index contributed by atoms with van der Waals surface area (Å²) >= 11 is 0. The third kappa shape index (κ3) is 32.1. The predicted octanol–water partition coefficient (Wildman–Crippen LogP) is 18.3. The number of carbonyl (C=O) groups is 10. The second kappa shape index (κ2) is 53.7. The fraction of sp³-hybridized carbons (Fsp3) is 0.237. The molecule has 666 valence electrons. The van der Waals surface area contributed by atoms with Gasteiger partial charge in [0.15, 0.2) is 0 Å². The first-order chi connectivity index (χ1) is 62.8. The molecule has 0 radical (unpaired) electrons. The summed E-state index contributed by atoms with van der Waals surface area (Å²) in [5.74, 6) is 10.7. The van der Waals surface area contributed by atoms with E-state index >= 15 is 0 Å². The normalized spacial score (nSPS) is 10.2. The first kappa shape index (κ1) is 98.2. The highest BCUT2D eigenvalue weighted by Crippen LogP contribution is 2.31. The Hall–Kier alpha value is -16.2. The average Bonchev–Trinajstić information content (AvgIpc) is 1.74. The molecule has 14 aromatic rings. The Balaban J connectivity index is 0.000000186. The van der Waals surface area contributed by atoms with Crippen LogP contribution in [0.25, 0.3) is 84.1 Å². The Labute approximate surface area is 743 Å². The Morgan fingerprint density at radius 3 is 0.969 bits per heavy atom. The number of aromatic carboxylic acids is 1. The van der Waals surface area contributed by atoms with Crippen LogP contribution in [0, 0.1) is 6.57 Å². The number of methoxy groups -OCH3 is 3. The van der Waals surface area contributed by atoms with Crippen molar-refractivity contribution in [1.29, 1.82) is 0 Å². The average molecular weight is 1750 g/mol. The first-order valence-corrected chi connectivity index (χ1v) is 40.7. The molecule has 32 heteroatoms. The van der Waals surface area contributed by atoms with Crippen LogP contribution in [0.3, 0.4) is 0 Å². The number of aldehydes is 7. The molecule has 13 heterocycles. The Bertz CT molecular complexity index is 5720. The van der Waals surface area contributed by atoms with E-state index in [1.165, 1.54) is 26.5 Å². The number of esters is 1. The van der Waals surface area contributed by atoms with Crippen LogP contribution in [-0.2, 0) is 83.2 Å². The van der Waals surface area contributed by atoms with E-state index in [4.69, 9.17) is 52.1 Å². The number of benzene rings is 1. The van der Waals surface area contributed by atoms with Gasteiger partial charge >= 0.3 is 24.0 Å². The van der Waals surface area contributed by atoms with Crippen molar-refractivity contribution in [2.24, 2.45) is 0 Å². The van der Waals surface area contributed by atoms with Crippen LogP contribution in [0.2, 0.25) is 0 Å². The van der Waals surface area contributed by atoms with Gasteiger partial charge in [0.2, 0.25) is 5.88 Å². The van der Waals surface area contributed by atoms with Crippen LogP contribution >= 0.6 is 0 Å². The minimum absolute atomic E-state index is 0.00788. The molecule has 0 bridgehead atoms. The standard InChI is InChI=1S/C18H22N2O3.C14H16N2O2.C14H13NO4.C13H10N2O2.C13H11NO4.C13H13NO3.C12H12N2O3/c1-3-20(4-2)18(22)19-15-9-7-14(8-10-15)17-12-11-16(23-17)6-5-13-21;1-16(2)14-8-5-11(10-15-14)13-7-6-12(18-13)4-3-9-17;1-18-14(17)12-6-4-10(9-15-12)13-7-5-11(19-13)3-2-8-16;1-14-13-7-4-10(9-15-13)12-6-5-11(17-12)3-2-8-16;15-7-1-2-10-4-6-12(18-10)9-3-5-11(13(16)17)14-8-9;1-16-13-7-4-10(9-14-13)12-6-5-11(17-12)3-2-8-15;1-16-12-13-7-9(8-14-12)11-5-4-10(17-11)3-2-6-15/h7-13H,3-6H2,1-2H3,(H,19,22);5-10H,3-4H2,1-2H3;4-9H,2-3H2,1H3;4-9H,2-3H2;3-8H,1-2H2,(H,16,17);4-9H,2-3H2,1H3;4-8H,2-3H2,1H3. The van der Waals surface area contributed by atoms with Crippen LogP contribution in [-0.4, -0.2) is 155 Å². The largest absolute Gasteiger partial charge is 0.481 e. The molecule has 0 aliphatic rings. The summed E-state index contributed by atoms with van der Waals surface area (Å²) in [4.78, 5) is 141. The SMILES string of the molecule is CCN(CC)C(=O)Nc1ccc(-c2ccc(CCC=O)o2)cc1.CN(C)c1ccc(-c2ccc(CCC=O)o2)cn1.COC(=O)c1ccc(-c2ccc(CCC=O)o2)cn1.COc1ccc(-c2ccc(CCC=O)o2)cn1.COc1ncc(-c2ccc(CCC=O)o2)cn1.O=CCCc1ccc(-c2ccc(C(=O)O)nc2)o1.[C-]#[N+]c1ccc(-c2ccc(CCC=O)o2)cn1. The van der Waals surface area contributed by atoms with Crippen molar-refractivity contribution in [3.63, 3.8) is 0 Å². The van der Waals surface area contributed by atoms with Gasteiger partial charge in [-0.3, -0.25) is 0 Å². The van der Waals surface area contributed by atoms with Crippen molar-refractivity contribution in [2.45, 2.75) is 104 Å². The van der Waals surface area contributed by atoms with Gasteiger partial charge in [-0.1, -0.05) is 12.6 Å². The second-order valence-corrected chi connectivity index (χ2v) is 27.5. The minimum atomic E-state index is -1.06. The maximum atomic E-state index is 12.0. The predicted molar refractivity (Wildman–Crippen MR) is 478 cm³/mol. The van der Waals surface area contributed by atoms with Crippen molar-refractivity contribution in [2.75, 3.05) is 58.7 Å². The van der Waals surface area contributed by atoms with E-state index in [-0.39, 0.29) is 17.4 Å². The number of nitrogens with zero attached hydrogens (tertiary/aromatic N) is 10. The number of furan rings is 7. The lowest BCUT2D eigenvalue weighted by atomic mass is 10.1. The third-order valence-corrected chi connectivity index (χ3v) is 18.3. The fourth-order valence-corrected chi connectivity index (χ4v) is 11.5. The van der Waals surface area contributed by atoms with Crippen LogP contribution in [0.5, 0.6) is 11.9 Å². The molecule has 0 aliphatic heterocycles. The Kier molecular flexibility index (Phi) is 40.9. The number of hydrogen-bond acceptors (Lipinski definition) is 28. The number of hydrogen-bond donors (Lipinski definition) is 2. The molecule has 0 fully saturated rings. The molecular formula is C97H97N11O21. The smallest absolute Gasteiger partial charge is 0.356 e. The summed E-state index contributed by atoms with van der Waals surface area (Å²) in [6, 6.07) is 51.1. The molecule has 14 rings (SSSR count). The van der Waals surface area contributed by atoms with Gasteiger partial charge in [-0.25, -0.2) is 44.3 Å². The molecule has 0 saturated carbocycles. The first-order valence-electron chi connectivity index (χ1n) is 40.7. The number of carboxylic acid groups (broad SMARTS) is 1. The molecule has 0 spiro atoms. The van der Waals surface area contributed by atoms with Gasteiger partial charge in [-0.15, -0.1) is 4.98 Å². The summed E-state index contributed by atoms with van der Waals surface area (Å²) < 4.78 is 53.6. The topological polar surface area (TPSA) is 424 Å². The zero-order valence-electron chi connectivity index (χ0n) is 72.1. The van der Waals surface area contributed by atoms with Crippen LogP contribution in [0.1, 0.15) is 120 Å². The van der Waals surface area contributed by atoms with Gasteiger partial charge in [0, 0.05) is 194 Å². The maximum absolute atomic E-state index is 12.0. The van der Waals surface area contributed by atoms with E-state index < -0.39 is 11.9 Å². The van der Waals surface area contributed by atoms with Crippen molar-refractivity contribution in [3.05, 3.63) is 276 Å². The number of aromatic nitrogens is 7. The number of carbonyl (C=O) groups excluding carboxylic acids is 9. The molecule has 0 unspecified atom stereocenters. The van der Waals surface area contributed by atoms with Gasteiger partial charge in [-0.2, -0.15) is 0 Å². The fourth-order valence-electron chi connectivity index (χ4n) is 11.5. The highest BCUT2D eigenvalue weighted by atomic mass is 16.5. The van der Waals surface area contributed by atoms with Gasteiger partial charge < -0.3 is 104 Å². The number of nitrogens with one attached hydrogen (secondary N) is 1. The van der Waals surface area contributed by atoms with Crippen LogP contribution < -0.4 is 19.7 Å². The zero-order chi connectivity index (χ0) is 92.5. The second-order valence-electron chi connectivity index (χ2n) is 27.5. The van der Waals surface area contributed by atoms with E-state index in [9.17, 15) is 47.9 Å². The number of urea groups is 1. The number of amides is 2. The van der Waals surface area contributed by atoms with Crippen molar-refractivity contribution in [3.8, 4) is 91.2 Å². The quantitative estimate of drug-likeness (QED) is 0.0209. The highest BCUT2D eigenvalue weighted by molar-refractivity contribution is 5.90. The van der Waals surface area contributed by atoms with Crippen molar-refractivity contribution >= 4 is 79.3 Å². The summed E-state index contributed by atoms with van der Waals surface area (Å²) in [5, 5.41) is 11.6. The number of rotatable bonds is 36. The molecule has 0 aliphatic carbocycles. The number of aryl methyl sites for hydroxylation is 7. The monoisotopic (exact) mass is 1750 g/mol.